The summed E-state index contributed by atoms with van der Waals surface area (Å²) in [5.41, 5.74) is 0.677. The van der Waals surface area contributed by atoms with Gasteiger partial charge in [-0.15, -0.1) is 0 Å². The van der Waals surface area contributed by atoms with Crippen LogP contribution in [-0.4, -0.2) is 74.1 Å². The third kappa shape index (κ3) is 4.11. The number of likely N-dealkylation sites (tertiary alicyclic amines) is 1. The molecular formula is C24H29F2N3O4. The molecule has 0 radical (unpaired) electrons. The Kier molecular flexibility index (Phi) is 5.50. The maximum atomic E-state index is 14.1. The molecule has 0 bridgehead atoms. The van der Waals surface area contributed by atoms with Crippen molar-refractivity contribution in [2.24, 2.45) is 5.92 Å². The Balaban J connectivity index is 1.05. The Hall–Kier alpha value is -2.23. The van der Waals surface area contributed by atoms with Gasteiger partial charge in [-0.05, 0) is 44.3 Å². The first-order chi connectivity index (χ1) is 16.1. The molecular weight excluding hydrogens is 432 g/mol. The molecule has 0 amide bonds. The highest BCUT2D eigenvalue weighted by Gasteiger charge is 2.52. The third-order valence-corrected chi connectivity index (χ3v) is 7.56. The molecule has 9 heteroatoms. The lowest BCUT2D eigenvalue weighted by atomic mass is 9.86. The maximum Gasteiger partial charge on any atom is 0.297 e. The molecule has 1 aromatic carbocycles. The largest absolute Gasteiger partial charge is 0.493 e. The summed E-state index contributed by atoms with van der Waals surface area (Å²) in [4.78, 5) is 8.81. The van der Waals surface area contributed by atoms with E-state index in [9.17, 15) is 8.78 Å². The van der Waals surface area contributed by atoms with Crippen molar-refractivity contribution in [3.8, 4) is 5.75 Å². The molecule has 1 aromatic heterocycles. The minimum absolute atomic E-state index is 0.109. The molecule has 0 N–H and O–H groups in total. The molecule has 1 atom stereocenters. The Morgan fingerprint density at radius 3 is 2.58 bits per heavy atom. The van der Waals surface area contributed by atoms with Crippen molar-refractivity contribution < 1.29 is 27.4 Å². The monoisotopic (exact) mass is 461 g/mol. The van der Waals surface area contributed by atoms with E-state index < -0.39 is 11.6 Å². The van der Waals surface area contributed by atoms with E-state index >= 15 is 0 Å². The summed E-state index contributed by atoms with van der Waals surface area (Å²) < 4.78 is 50.7. The molecule has 2 aromatic rings. The molecule has 4 fully saturated rings. The zero-order chi connectivity index (χ0) is 22.4. The second-order valence-corrected chi connectivity index (χ2v) is 9.85. The molecule has 7 nitrogen and oxygen atoms in total. The van der Waals surface area contributed by atoms with Gasteiger partial charge in [-0.3, -0.25) is 4.90 Å². The van der Waals surface area contributed by atoms with Gasteiger partial charge in [0.25, 0.3) is 6.01 Å². The number of piperidine rings is 1. The van der Waals surface area contributed by atoms with Crippen LogP contribution in [0.15, 0.2) is 29.0 Å². The summed E-state index contributed by atoms with van der Waals surface area (Å²) in [5, 5.41) is 0. The summed E-state index contributed by atoms with van der Waals surface area (Å²) >= 11 is 0. The standard InChI is InChI=1S/C24H29F2N3O4/c25-20-7-19(22(8-21(20)26)32-12-16-10-30-11-16)17-1-4-28(5-2-17)18-9-24(33-13-18)14-29(15-24)23-27-3-6-31-23/h3,6-8,16-18H,1-2,4-5,9-15H2. The van der Waals surface area contributed by atoms with Crippen molar-refractivity contribution in [2.45, 2.75) is 36.8 Å². The van der Waals surface area contributed by atoms with Crippen LogP contribution < -0.4 is 9.64 Å². The molecule has 33 heavy (non-hydrogen) atoms. The van der Waals surface area contributed by atoms with Crippen LogP contribution in [0.3, 0.4) is 0 Å². The van der Waals surface area contributed by atoms with Crippen LogP contribution in [0.1, 0.15) is 30.7 Å². The number of hydrogen-bond donors (Lipinski definition) is 0. The molecule has 0 aliphatic carbocycles. The van der Waals surface area contributed by atoms with Gasteiger partial charge in [0.05, 0.1) is 45.7 Å². The quantitative estimate of drug-likeness (QED) is 0.655. The van der Waals surface area contributed by atoms with Crippen molar-refractivity contribution in [1.82, 2.24) is 9.88 Å². The van der Waals surface area contributed by atoms with Gasteiger partial charge in [0.15, 0.2) is 11.6 Å². The number of ether oxygens (including phenoxy) is 3. The predicted octanol–water partition coefficient (Wildman–Crippen LogP) is 3.21. The number of aromatic nitrogens is 1. The molecule has 178 valence electrons. The smallest absolute Gasteiger partial charge is 0.297 e. The van der Waals surface area contributed by atoms with Crippen molar-refractivity contribution in [3.05, 3.63) is 41.8 Å². The fraction of sp³-hybridized carbons (Fsp3) is 0.625. The summed E-state index contributed by atoms with van der Waals surface area (Å²) in [6, 6.07) is 3.59. The molecule has 1 spiro atoms. The first kappa shape index (κ1) is 21.3. The van der Waals surface area contributed by atoms with E-state index in [0.717, 1.165) is 57.6 Å². The van der Waals surface area contributed by atoms with E-state index in [4.69, 9.17) is 18.6 Å². The zero-order valence-electron chi connectivity index (χ0n) is 18.6. The average molecular weight is 462 g/mol. The molecule has 4 saturated heterocycles. The number of benzene rings is 1. The summed E-state index contributed by atoms with van der Waals surface area (Å²) in [6.07, 6.45) is 6.03. The first-order valence-corrected chi connectivity index (χ1v) is 11.8. The Morgan fingerprint density at radius 1 is 1.09 bits per heavy atom. The molecule has 0 saturated carbocycles. The second-order valence-electron chi connectivity index (χ2n) is 9.85. The van der Waals surface area contributed by atoms with Crippen molar-refractivity contribution in [1.29, 1.82) is 0 Å². The second kappa shape index (κ2) is 8.52. The first-order valence-electron chi connectivity index (χ1n) is 11.8. The van der Waals surface area contributed by atoms with Crippen LogP contribution >= 0.6 is 0 Å². The van der Waals surface area contributed by atoms with Gasteiger partial charge in [-0.25, -0.2) is 13.8 Å². The summed E-state index contributed by atoms with van der Waals surface area (Å²) in [6.45, 7) is 5.97. The van der Waals surface area contributed by atoms with E-state index in [2.05, 4.69) is 14.8 Å². The van der Waals surface area contributed by atoms with Crippen LogP contribution in [0.25, 0.3) is 0 Å². The lowest BCUT2D eigenvalue weighted by Crippen LogP contribution is -2.62. The fourth-order valence-electron chi connectivity index (χ4n) is 5.58. The average Bonchev–Trinajstić information content (AvgIpc) is 3.44. The van der Waals surface area contributed by atoms with Gasteiger partial charge in [-0.2, -0.15) is 0 Å². The highest BCUT2D eigenvalue weighted by Crippen LogP contribution is 2.41. The van der Waals surface area contributed by atoms with E-state index in [-0.39, 0.29) is 11.5 Å². The summed E-state index contributed by atoms with van der Waals surface area (Å²) in [7, 11) is 0. The molecule has 4 aliphatic heterocycles. The maximum absolute atomic E-state index is 14.1. The number of anilines is 1. The van der Waals surface area contributed by atoms with E-state index in [1.165, 1.54) is 12.1 Å². The number of nitrogens with zero attached hydrogens (tertiary/aromatic N) is 3. The molecule has 1 unspecified atom stereocenters. The highest BCUT2D eigenvalue weighted by molar-refractivity contribution is 5.38. The SMILES string of the molecule is Fc1cc(OCC2COC2)c(C2CCN(C3COC4(C3)CN(c3ncco3)C4)CC2)cc1F. The topological polar surface area (TPSA) is 60.2 Å². The van der Waals surface area contributed by atoms with Crippen LogP contribution in [0.2, 0.25) is 0 Å². The normalized spacial score (nSPS) is 25.9. The molecule has 6 rings (SSSR count). The van der Waals surface area contributed by atoms with Gasteiger partial charge in [0.1, 0.15) is 17.6 Å². The number of halogens is 2. The van der Waals surface area contributed by atoms with Crippen LogP contribution in [0.5, 0.6) is 5.75 Å². The van der Waals surface area contributed by atoms with Gasteiger partial charge in [0.2, 0.25) is 0 Å². The van der Waals surface area contributed by atoms with E-state index in [1.807, 2.05) is 0 Å². The lowest BCUT2D eigenvalue weighted by Gasteiger charge is -2.46. The van der Waals surface area contributed by atoms with Crippen LogP contribution in [-0.2, 0) is 9.47 Å². The molecule has 5 heterocycles. The Labute approximate surface area is 191 Å². The van der Waals surface area contributed by atoms with Gasteiger partial charge >= 0.3 is 0 Å². The van der Waals surface area contributed by atoms with Crippen molar-refractivity contribution in [3.63, 3.8) is 0 Å². The minimum Gasteiger partial charge on any atom is -0.493 e. The van der Waals surface area contributed by atoms with Gasteiger partial charge < -0.3 is 23.5 Å². The summed E-state index contributed by atoms with van der Waals surface area (Å²) in [5.74, 6) is -0.705. The Bertz CT molecular complexity index is 970. The van der Waals surface area contributed by atoms with Crippen molar-refractivity contribution >= 4 is 6.01 Å². The predicted molar refractivity (Wildman–Crippen MR) is 116 cm³/mol. The lowest BCUT2D eigenvalue weighted by molar-refractivity contribution is -0.0510. The minimum atomic E-state index is -0.858. The van der Waals surface area contributed by atoms with E-state index in [1.54, 1.807) is 12.5 Å². The Morgan fingerprint density at radius 2 is 1.88 bits per heavy atom. The van der Waals surface area contributed by atoms with Gasteiger partial charge in [-0.1, -0.05) is 0 Å². The number of rotatable bonds is 6. The number of hydrogen-bond acceptors (Lipinski definition) is 7. The zero-order valence-corrected chi connectivity index (χ0v) is 18.6. The van der Waals surface area contributed by atoms with Crippen molar-refractivity contribution in [2.75, 3.05) is 57.5 Å². The van der Waals surface area contributed by atoms with Gasteiger partial charge in [0, 0.05) is 23.6 Å². The fourth-order valence-corrected chi connectivity index (χ4v) is 5.58. The van der Waals surface area contributed by atoms with E-state index in [0.29, 0.717) is 43.5 Å². The highest BCUT2D eigenvalue weighted by atomic mass is 19.2. The van der Waals surface area contributed by atoms with Crippen LogP contribution in [0, 0.1) is 17.6 Å². The molecule has 4 aliphatic rings. The third-order valence-electron chi connectivity index (χ3n) is 7.56. The van der Waals surface area contributed by atoms with Crippen LogP contribution in [0.4, 0.5) is 14.8 Å². The number of oxazole rings is 1.